The van der Waals surface area contributed by atoms with Crippen LogP contribution < -0.4 is 51.6 Å². The number of thioether (sulfide) groups is 1. The van der Waals surface area contributed by atoms with E-state index in [4.69, 9.17) is 36.7 Å². The number of hydrogen-bond donors (Lipinski definition) is 7. The number of ketones is 2. The zero-order valence-electron chi connectivity index (χ0n) is 53.8. The van der Waals surface area contributed by atoms with Gasteiger partial charge < -0.3 is 51.6 Å². The number of nitrogens with two attached hydrogens (primary N) is 1. The highest BCUT2D eigenvalue weighted by atomic mass is 32.2. The maximum atomic E-state index is 13.7. The maximum Gasteiger partial charge on any atom is 0.297 e. The fraction of sp³-hybridized carbons (Fsp3) is 0.277. The molecule has 97 heavy (non-hydrogen) atoms. The summed E-state index contributed by atoms with van der Waals surface area (Å²) in [6.45, 7) is 20.5. The average Bonchev–Trinajstić information content (AvgIpc) is 1.62. The lowest BCUT2D eigenvalue weighted by Gasteiger charge is -2.25. The second kappa shape index (κ2) is 33.1. The molecular weight excluding hydrogens is 1320 g/mol. The smallest absolute Gasteiger partial charge is 0.297 e. The Balaban J connectivity index is 1.23. The molecule has 0 aliphatic heterocycles. The van der Waals surface area contributed by atoms with Crippen LogP contribution in [-0.4, -0.2) is 109 Å². The lowest BCUT2D eigenvalue weighted by Crippen LogP contribution is -2.22. The van der Waals surface area contributed by atoms with Crippen LogP contribution in [0.4, 0.5) is 78.8 Å². The summed E-state index contributed by atoms with van der Waals surface area (Å²) in [5, 5.41) is 43.3. The number of rotatable bonds is 30. The van der Waals surface area contributed by atoms with Crippen molar-refractivity contribution in [2.75, 3.05) is 76.8 Å². The van der Waals surface area contributed by atoms with Gasteiger partial charge in [-0.15, -0.1) is 38.0 Å². The third-order valence-electron chi connectivity index (χ3n) is 14.9. The second-order valence-corrected chi connectivity index (χ2v) is 25.9. The van der Waals surface area contributed by atoms with Gasteiger partial charge in [0.15, 0.2) is 21.7 Å². The largest absolute Gasteiger partial charge is 0.494 e. The van der Waals surface area contributed by atoms with Crippen LogP contribution in [0.1, 0.15) is 99.3 Å². The number of carbonyl (C=O) groups is 6. The van der Waals surface area contributed by atoms with Crippen molar-refractivity contribution >= 4 is 171 Å². The molecule has 8 N–H and O–H groups in total. The van der Waals surface area contributed by atoms with Crippen LogP contribution in [0.3, 0.4) is 0 Å². The van der Waals surface area contributed by atoms with Crippen LogP contribution >= 0.6 is 34.4 Å². The summed E-state index contributed by atoms with van der Waals surface area (Å²) < 4.78 is 48.8. The molecule has 1 aliphatic rings. The van der Waals surface area contributed by atoms with Gasteiger partial charge in [0, 0.05) is 71.1 Å². The first-order chi connectivity index (χ1) is 46.5. The summed E-state index contributed by atoms with van der Waals surface area (Å²) in [5.74, 6) is -3.08. The number of nitriles is 1. The molecule has 32 heteroatoms. The van der Waals surface area contributed by atoms with Gasteiger partial charge >= 0.3 is 0 Å². The molecule has 1 saturated carbocycles. The minimum Gasteiger partial charge on any atom is -0.494 e. The van der Waals surface area contributed by atoms with Gasteiger partial charge in [0.05, 0.1) is 59.6 Å². The molecule has 1 aliphatic carbocycles. The van der Waals surface area contributed by atoms with Gasteiger partial charge in [0.2, 0.25) is 29.9 Å². The average molecular weight is 1390 g/mol. The molecule has 4 aromatic carbocycles. The van der Waals surface area contributed by atoms with Crippen molar-refractivity contribution in [2.24, 2.45) is 26.2 Å². The number of aromatic nitrogens is 3. The van der Waals surface area contributed by atoms with E-state index in [9.17, 15) is 47.0 Å². The molecule has 0 bridgehead atoms. The molecule has 4 amide bonds. The highest BCUT2D eigenvalue weighted by molar-refractivity contribution is 7.99. The first kappa shape index (κ1) is 72.1. The van der Waals surface area contributed by atoms with Crippen LogP contribution in [-0.2, 0) is 34.1 Å². The van der Waals surface area contributed by atoms with Crippen LogP contribution in [0.2, 0.25) is 0 Å². The maximum absolute atomic E-state index is 13.7. The first-order valence-electron chi connectivity index (χ1n) is 30.1. The minimum absolute atomic E-state index is 0.0118. The number of hydrogen-bond acceptors (Lipinski definition) is 25. The summed E-state index contributed by atoms with van der Waals surface area (Å²) in [6, 6.07) is 21.9. The van der Waals surface area contributed by atoms with Crippen LogP contribution in [0.15, 0.2) is 121 Å². The van der Waals surface area contributed by atoms with Gasteiger partial charge in [0.1, 0.15) is 44.4 Å². The molecule has 28 nitrogen and oxygen atoms in total. The van der Waals surface area contributed by atoms with Gasteiger partial charge in [-0.25, -0.2) is 4.85 Å². The monoisotopic (exact) mass is 1390 g/mol. The second-order valence-electron chi connectivity index (χ2n) is 21.2. The fourth-order valence-electron chi connectivity index (χ4n) is 10.1. The zero-order valence-corrected chi connectivity index (χ0v) is 57.1. The standard InChI is InChI=1S/C65H67N17O11S4/c1-10-81(11-2)52-30-47(49(32-54(52)92-8)77-79-61-46(34-66)57(97(89,90)91)56(96-61)29-45(37(6)85)60(88)70-40-21-17-19-38(25-40)58(67)86)72-63-74-64(76-65(75-63)95-42-23-15-14-16-24-42)73-48-31-53(82(12-3)13-4)55(93-9)33-50(48)78-80-62-51(68-7)28-43(94-62)27-44(36(5)84)59(87)71-41-22-18-20-39(26-41)69-35-83/h17-22,25-33,35,42H,10-16,23-24H2,1-6,8-9H3,(H2,67,86)(H,69,83)(H,70,88)(H,71,87)(H,89,90,91)(H2,72,73,74,75,76)/b44-27+,45-29-,79-77?,80-78?. The van der Waals surface area contributed by atoms with Crippen molar-refractivity contribution in [3.63, 3.8) is 0 Å². The molecule has 0 saturated heterocycles. The predicted molar refractivity (Wildman–Crippen MR) is 376 cm³/mol. The van der Waals surface area contributed by atoms with Gasteiger partial charge in [0.25, 0.3) is 21.9 Å². The van der Waals surface area contributed by atoms with E-state index < -0.39 is 60.3 Å². The molecule has 0 spiro atoms. The number of Topliss-reactive ketones (excluding diaryl/α,β-unsaturated/α-hetero) is 2. The predicted octanol–water partition coefficient (Wildman–Crippen LogP) is 14.0. The van der Waals surface area contributed by atoms with Crippen molar-refractivity contribution in [2.45, 2.75) is 88.9 Å². The Bertz CT molecular complexity index is 4520. The van der Waals surface area contributed by atoms with Gasteiger partial charge in [-0.1, -0.05) is 43.2 Å². The van der Waals surface area contributed by atoms with Crippen molar-refractivity contribution in [3.05, 3.63) is 122 Å². The summed E-state index contributed by atoms with van der Waals surface area (Å²) in [6.07, 6.45) is 7.66. The van der Waals surface area contributed by atoms with E-state index in [1.54, 1.807) is 48.5 Å². The fourth-order valence-corrected chi connectivity index (χ4v) is 14.2. The van der Waals surface area contributed by atoms with Gasteiger partial charge in [-0.3, -0.25) is 33.3 Å². The normalized spacial score (nSPS) is 12.7. The van der Waals surface area contributed by atoms with Crippen LogP contribution in [0.5, 0.6) is 11.5 Å². The number of nitrogens with zero attached hydrogens (tertiary/aromatic N) is 11. The van der Waals surface area contributed by atoms with E-state index in [2.05, 4.69) is 56.8 Å². The van der Waals surface area contributed by atoms with E-state index in [1.165, 1.54) is 75.4 Å². The number of thiophene rings is 2. The molecule has 8 rings (SSSR count). The van der Waals surface area contributed by atoms with E-state index >= 15 is 0 Å². The van der Waals surface area contributed by atoms with E-state index in [-0.39, 0.29) is 66.7 Å². The van der Waals surface area contributed by atoms with Gasteiger partial charge in [-0.05, 0) is 121 Å². The first-order valence-corrected chi connectivity index (χ1v) is 34.1. The molecule has 3 heterocycles. The number of anilines is 9. The van der Waals surface area contributed by atoms with E-state index in [0.717, 1.165) is 56.4 Å². The van der Waals surface area contributed by atoms with E-state index in [0.29, 0.717) is 93.9 Å². The topological polar surface area (TPSA) is 384 Å². The summed E-state index contributed by atoms with van der Waals surface area (Å²) >= 11 is 3.03. The van der Waals surface area contributed by atoms with Crippen molar-refractivity contribution in [3.8, 4) is 17.6 Å². The summed E-state index contributed by atoms with van der Waals surface area (Å²) in [7, 11) is -2.29. The number of ether oxygens (including phenoxy) is 2. The van der Waals surface area contributed by atoms with Crippen molar-refractivity contribution in [1.29, 1.82) is 5.26 Å². The highest BCUT2D eigenvalue weighted by Crippen LogP contribution is 2.47. The quantitative estimate of drug-likeness (QED) is 0.00418. The molecule has 0 atom stereocenters. The SMILES string of the molecule is [C-]#[N+]c1cc(/C=C(\C(C)=O)C(=O)Nc2cccc(NC=O)c2)sc1N=Nc1cc(OC)c(N(CC)CC)cc1Nc1nc(Nc2cc(N(CC)CC)c(OC)cc2N=Nc2sc(/C=C(/C(C)=O)C(=O)Nc3cccc(C(N)=O)c3)c(S(=O)(=O)O)c2C#N)nc(SC2CCCCC2)n1. The van der Waals surface area contributed by atoms with Crippen molar-refractivity contribution in [1.82, 2.24) is 15.0 Å². The number of primary amides is 1. The minimum atomic E-state index is -5.27. The number of nitrogens with one attached hydrogen (secondary N) is 5. The number of carbonyl (C=O) groups excluding carboxylic acids is 6. The molecule has 1 fully saturated rings. The number of amides is 4. The molecule has 3 aromatic heterocycles. The Kier molecular flexibility index (Phi) is 24.6. The number of methoxy groups -OCH3 is 2. The molecule has 502 valence electrons. The van der Waals surface area contributed by atoms with Crippen LogP contribution in [0, 0.1) is 17.9 Å². The highest BCUT2D eigenvalue weighted by Gasteiger charge is 2.30. The zero-order chi connectivity index (χ0) is 70.1. The Labute approximate surface area is 571 Å². The van der Waals surface area contributed by atoms with E-state index in [1.807, 2.05) is 32.6 Å². The Morgan fingerprint density at radius 1 is 0.742 bits per heavy atom. The molecule has 7 aromatic rings. The van der Waals surface area contributed by atoms with Crippen molar-refractivity contribution < 1.29 is 51.2 Å². The Morgan fingerprint density at radius 2 is 1.27 bits per heavy atom. The third kappa shape index (κ3) is 18.2. The molecule has 0 radical (unpaired) electrons. The van der Waals surface area contributed by atoms with Gasteiger partial charge in [-0.2, -0.15) is 33.7 Å². The summed E-state index contributed by atoms with van der Waals surface area (Å²) in [4.78, 5) is 97.7. The van der Waals surface area contributed by atoms with Crippen LogP contribution in [0.25, 0.3) is 17.0 Å². The Hall–Kier alpha value is -10.8. The number of azo groups is 2. The summed E-state index contributed by atoms with van der Waals surface area (Å²) in [5.41, 5.74) is 7.04. The molecular formula is C65H67N17O11S4. The lowest BCUT2D eigenvalue weighted by atomic mass is 10.0. The number of benzene rings is 4. The molecule has 0 unspecified atom stereocenters. The lowest BCUT2D eigenvalue weighted by molar-refractivity contribution is -0.120. The Morgan fingerprint density at radius 3 is 1.76 bits per heavy atom. The third-order valence-corrected chi connectivity index (χ3v) is 19.1.